The van der Waals surface area contributed by atoms with Gasteiger partial charge in [-0.2, -0.15) is 0 Å². The van der Waals surface area contributed by atoms with Crippen LogP contribution < -0.4 is 5.32 Å². The lowest BCUT2D eigenvalue weighted by Crippen LogP contribution is -2.24. The molecule has 0 aliphatic heterocycles. The quantitative estimate of drug-likeness (QED) is 0.814. The second kappa shape index (κ2) is 5.68. The van der Waals surface area contributed by atoms with E-state index in [0.717, 1.165) is 36.2 Å². The minimum absolute atomic E-state index is 0.00907. The molecule has 0 amide bonds. The molecule has 0 heterocycles. The fourth-order valence-electron chi connectivity index (χ4n) is 2.48. The lowest BCUT2D eigenvalue weighted by molar-refractivity contribution is 0.199. The van der Waals surface area contributed by atoms with Crippen molar-refractivity contribution in [2.45, 2.75) is 18.8 Å². The third-order valence-corrected chi connectivity index (χ3v) is 4.32. The normalized spacial score (nSPS) is 26.3. The molecule has 1 aliphatic rings. The summed E-state index contributed by atoms with van der Waals surface area (Å²) in [6.45, 7) is 4.64. The largest absolute Gasteiger partial charge is 0.383 e. The molecule has 0 saturated heterocycles. The molecule has 2 rings (SSSR count). The number of ether oxygens (including phenoxy) is 1. The van der Waals surface area contributed by atoms with Crippen molar-refractivity contribution < 1.29 is 9.13 Å². The number of hydrogen-bond donors (Lipinski definition) is 1. The van der Waals surface area contributed by atoms with E-state index in [9.17, 15) is 4.39 Å². The maximum atomic E-state index is 13.9. The molecule has 1 aromatic carbocycles. The Hall–Kier alpha value is -0.450. The number of nitrogens with one attached hydrogen (secondary N) is 1. The smallest absolute Gasteiger partial charge is 0.128 e. The van der Waals surface area contributed by atoms with Crippen LogP contribution in [0.15, 0.2) is 22.7 Å². The number of benzene rings is 1. The summed E-state index contributed by atoms with van der Waals surface area (Å²) in [4.78, 5) is 0. The number of rotatable bonds is 6. The van der Waals surface area contributed by atoms with E-state index >= 15 is 0 Å². The molecule has 4 heteroatoms. The summed E-state index contributed by atoms with van der Waals surface area (Å²) in [5.74, 6) is 0.413. The highest BCUT2D eigenvalue weighted by molar-refractivity contribution is 9.10. The Morgan fingerprint density at radius 3 is 3.00 bits per heavy atom. The van der Waals surface area contributed by atoms with Crippen LogP contribution in [0.4, 0.5) is 4.39 Å². The monoisotopic (exact) mass is 315 g/mol. The maximum absolute atomic E-state index is 13.9. The first-order chi connectivity index (χ1) is 8.58. The Balaban J connectivity index is 1.93. The fourth-order valence-corrected chi connectivity index (χ4v) is 2.82. The molecule has 0 aromatic heterocycles. The van der Waals surface area contributed by atoms with E-state index in [2.05, 4.69) is 28.2 Å². The molecule has 2 unspecified atom stereocenters. The molecule has 2 atom stereocenters. The second-order valence-corrected chi connectivity index (χ2v) is 6.06. The molecule has 100 valence electrons. The van der Waals surface area contributed by atoms with Gasteiger partial charge in [-0.25, -0.2) is 4.39 Å². The van der Waals surface area contributed by atoms with Gasteiger partial charge in [0.15, 0.2) is 0 Å². The van der Waals surface area contributed by atoms with Crippen LogP contribution in [0.5, 0.6) is 0 Å². The van der Waals surface area contributed by atoms with Gasteiger partial charge in [0.05, 0.1) is 6.61 Å². The zero-order chi connectivity index (χ0) is 13.2. The van der Waals surface area contributed by atoms with Crippen LogP contribution in [0, 0.1) is 11.7 Å². The van der Waals surface area contributed by atoms with Crippen molar-refractivity contribution in [3.05, 3.63) is 34.1 Å². The average Bonchev–Trinajstić information content (AvgIpc) is 2.96. The Bertz CT molecular complexity index is 426. The SMILES string of the molecule is COCCNCC1CC1(C)c1ccc(Br)cc1F. The van der Waals surface area contributed by atoms with Crippen LogP contribution >= 0.6 is 15.9 Å². The fraction of sp³-hybridized carbons (Fsp3) is 0.571. The first kappa shape index (κ1) is 14.0. The van der Waals surface area contributed by atoms with E-state index in [1.54, 1.807) is 13.2 Å². The van der Waals surface area contributed by atoms with E-state index in [0.29, 0.717) is 5.92 Å². The van der Waals surface area contributed by atoms with Gasteiger partial charge in [-0.1, -0.05) is 28.9 Å². The van der Waals surface area contributed by atoms with Crippen LogP contribution in [-0.2, 0) is 10.2 Å². The van der Waals surface area contributed by atoms with Crippen LogP contribution in [0.2, 0.25) is 0 Å². The molecule has 0 bridgehead atoms. The van der Waals surface area contributed by atoms with Crippen LogP contribution in [0.1, 0.15) is 18.9 Å². The third-order valence-electron chi connectivity index (χ3n) is 3.83. The van der Waals surface area contributed by atoms with Crippen LogP contribution in [0.3, 0.4) is 0 Å². The third kappa shape index (κ3) is 2.92. The molecule has 1 N–H and O–H groups in total. The molecule has 18 heavy (non-hydrogen) atoms. The number of hydrogen-bond acceptors (Lipinski definition) is 2. The lowest BCUT2D eigenvalue weighted by atomic mass is 9.95. The summed E-state index contributed by atoms with van der Waals surface area (Å²) in [5, 5.41) is 3.35. The van der Waals surface area contributed by atoms with Gasteiger partial charge in [0.2, 0.25) is 0 Å². The number of halogens is 2. The summed E-state index contributed by atoms with van der Waals surface area (Å²) < 4.78 is 19.7. The van der Waals surface area contributed by atoms with E-state index in [-0.39, 0.29) is 11.2 Å². The van der Waals surface area contributed by atoms with Gasteiger partial charge in [-0.05, 0) is 42.0 Å². The van der Waals surface area contributed by atoms with Gasteiger partial charge in [-0.3, -0.25) is 0 Å². The average molecular weight is 316 g/mol. The van der Waals surface area contributed by atoms with Crippen molar-refractivity contribution in [1.29, 1.82) is 0 Å². The van der Waals surface area contributed by atoms with Crippen molar-refractivity contribution in [3.8, 4) is 0 Å². The van der Waals surface area contributed by atoms with Gasteiger partial charge in [-0.15, -0.1) is 0 Å². The lowest BCUT2D eigenvalue weighted by Gasteiger charge is -2.14. The Morgan fingerprint density at radius 1 is 1.56 bits per heavy atom. The highest BCUT2D eigenvalue weighted by atomic mass is 79.9. The Kier molecular flexibility index (Phi) is 4.41. The molecule has 1 aromatic rings. The summed E-state index contributed by atoms with van der Waals surface area (Å²) in [5.41, 5.74) is 0.828. The van der Waals surface area contributed by atoms with E-state index < -0.39 is 0 Å². The van der Waals surface area contributed by atoms with E-state index in [4.69, 9.17) is 4.74 Å². The first-order valence-corrected chi connectivity index (χ1v) is 7.02. The summed E-state index contributed by atoms with van der Waals surface area (Å²) in [7, 11) is 1.69. The van der Waals surface area contributed by atoms with Crippen molar-refractivity contribution in [2.24, 2.45) is 5.92 Å². The zero-order valence-electron chi connectivity index (χ0n) is 10.8. The van der Waals surface area contributed by atoms with Gasteiger partial charge in [0.25, 0.3) is 0 Å². The van der Waals surface area contributed by atoms with Crippen LogP contribution in [-0.4, -0.2) is 26.8 Å². The van der Waals surface area contributed by atoms with Gasteiger partial charge < -0.3 is 10.1 Å². The standard InChI is InChI=1S/C14H19BrFNO/c1-14(8-10(14)9-17-5-6-18-2)12-4-3-11(15)7-13(12)16/h3-4,7,10,17H,5-6,8-9H2,1-2H3. The van der Waals surface area contributed by atoms with Crippen molar-refractivity contribution in [1.82, 2.24) is 5.32 Å². The predicted octanol–water partition coefficient (Wildman–Crippen LogP) is 3.10. The summed E-state index contributed by atoms with van der Waals surface area (Å²) in [6, 6.07) is 5.36. The molecule has 2 nitrogen and oxygen atoms in total. The maximum Gasteiger partial charge on any atom is 0.128 e. The van der Waals surface area contributed by atoms with Crippen LogP contribution in [0.25, 0.3) is 0 Å². The minimum Gasteiger partial charge on any atom is -0.383 e. The number of methoxy groups -OCH3 is 1. The van der Waals surface area contributed by atoms with Gasteiger partial charge >= 0.3 is 0 Å². The predicted molar refractivity (Wildman–Crippen MR) is 74.3 cm³/mol. The summed E-state index contributed by atoms with van der Waals surface area (Å²) >= 11 is 3.29. The second-order valence-electron chi connectivity index (χ2n) is 5.14. The Morgan fingerprint density at radius 2 is 2.33 bits per heavy atom. The molecule has 0 spiro atoms. The zero-order valence-corrected chi connectivity index (χ0v) is 12.4. The minimum atomic E-state index is -0.105. The highest BCUT2D eigenvalue weighted by Gasteiger charge is 2.51. The Labute approximate surface area is 116 Å². The molecular weight excluding hydrogens is 297 g/mol. The molecule has 0 radical (unpaired) electrons. The van der Waals surface area contributed by atoms with E-state index in [1.165, 1.54) is 0 Å². The molecular formula is C14H19BrFNO. The van der Waals surface area contributed by atoms with Gasteiger partial charge in [0.1, 0.15) is 5.82 Å². The summed E-state index contributed by atoms with van der Waals surface area (Å²) in [6.07, 6.45) is 1.05. The van der Waals surface area contributed by atoms with Gasteiger partial charge in [0, 0.05) is 18.1 Å². The van der Waals surface area contributed by atoms with E-state index in [1.807, 2.05) is 12.1 Å². The van der Waals surface area contributed by atoms with Crippen molar-refractivity contribution >= 4 is 15.9 Å². The molecule has 1 saturated carbocycles. The van der Waals surface area contributed by atoms with Crippen molar-refractivity contribution in [2.75, 3.05) is 26.8 Å². The first-order valence-electron chi connectivity index (χ1n) is 6.23. The topological polar surface area (TPSA) is 21.3 Å². The van der Waals surface area contributed by atoms with Crippen molar-refractivity contribution in [3.63, 3.8) is 0 Å². The highest BCUT2D eigenvalue weighted by Crippen LogP contribution is 2.54. The molecule has 1 fully saturated rings. The molecule has 1 aliphatic carbocycles.